The smallest absolute Gasteiger partial charge is 0.166 e. The first-order valence-electron chi connectivity index (χ1n) is 8.86. The molecule has 0 fully saturated rings. The van der Waals surface area contributed by atoms with Crippen LogP contribution in [-0.4, -0.2) is 32.7 Å². The molecule has 0 aromatic heterocycles. The molecule has 0 aromatic carbocycles. The Morgan fingerprint density at radius 2 is 1.84 bits per heavy atom. The van der Waals surface area contributed by atoms with Crippen molar-refractivity contribution in [2.45, 2.75) is 53.9 Å². The maximum Gasteiger partial charge on any atom is 0.166 e. The number of nitrogens with zero attached hydrogens (tertiary/aromatic N) is 1. The average Bonchev–Trinajstić information content (AvgIpc) is 2.62. The normalized spacial score (nSPS) is 15.0. The summed E-state index contributed by atoms with van der Waals surface area (Å²) >= 11 is 0. The van der Waals surface area contributed by atoms with Crippen LogP contribution in [0.4, 0.5) is 0 Å². The molecule has 0 atom stereocenters. The van der Waals surface area contributed by atoms with Crippen LogP contribution < -0.4 is 5.32 Å². The molecule has 4 heteroatoms. The first-order valence-corrected chi connectivity index (χ1v) is 8.86. The number of rotatable bonds is 10. The zero-order valence-corrected chi connectivity index (χ0v) is 17.1. The molecule has 0 aliphatic heterocycles. The van der Waals surface area contributed by atoms with Crippen molar-refractivity contribution in [2.75, 3.05) is 21.2 Å². The van der Waals surface area contributed by atoms with Gasteiger partial charge in [0.2, 0.25) is 0 Å². The Morgan fingerprint density at radius 3 is 2.28 bits per heavy atom. The molecule has 140 valence electrons. The van der Waals surface area contributed by atoms with Gasteiger partial charge in [-0.25, -0.2) is 0 Å². The fraction of sp³-hybridized carbons (Fsp3) is 0.524. The van der Waals surface area contributed by atoms with Gasteiger partial charge in [0.15, 0.2) is 5.78 Å². The first-order chi connectivity index (χ1) is 11.9. The molecule has 25 heavy (non-hydrogen) atoms. The fourth-order valence-corrected chi connectivity index (χ4v) is 2.32. The summed E-state index contributed by atoms with van der Waals surface area (Å²) in [6, 6.07) is 0. The molecule has 0 unspecified atom stereocenters. The lowest BCUT2D eigenvalue weighted by Gasteiger charge is -2.14. The molecule has 0 aromatic rings. The topological polar surface area (TPSA) is 50.7 Å². The van der Waals surface area contributed by atoms with Gasteiger partial charge in [0.05, 0.1) is 18.4 Å². The molecule has 1 N–H and O–H groups in total. The van der Waals surface area contributed by atoms with E-state index in [4.69, 9.17) is 4.74 Å². The number of Topliss-reactive ketones (excluding diaryl/α,β-unsaturated/α-hetero) is 1. The third-order valence-corrected chi connectivity index (χ3v) is 4.09. The third kappa shape index (κ3) is 7.12. The minimum absolute atomic E-state index is 0.0895. The summed E-state index contributed by atoms with van der Waals surface area (Å²) in [6.45, 7) is 9.95. The molecule has 0 saturated carbocycles. The minimum Gasteiger partial charge on any atom is -0.501 e. The number of methoxy groups -OCH3 is 1. The summed E-state index contributed by atoms with van der Waals surface area (Å²) in [5.41, 5.74) is 4.48. The van der Waals surface area contributed by atoms with Gasteiger partial charge in [0.25, 0.3) is 0 Å². The predicted octanol–water partition coefficient (Wildman–Crippen LogP) is 4.75. The highest BCUT2D eigenvalue weighted by atomic mass is 16.5. The number of aliphatic imine (C=N–C) groups is 1. The van der Waals surface area contributed by atoms with Crippen LogP contribution in [0.5, 0.6) is 0 Å². The predicted molar refractivity (Wildman–Crippen MR) is 108 cm³/mol. The highest BCUT2D eigenvalue weighted by molar-refractivity contribution is 6.15. The largest absolute Gasteiger partial charge is 0.501 e. The molecular formula is C21H34N2O2. The summed E-state index contributed by atoms with van der Waals surface area (Å²) in [6.07, 6.45) is 8.21. The van der Waals surface area contributed by atoms with Gasteiger partial charge in [0.1, 0.15) is 5.76 Å². The molecule has 0 spiro atoms. The van der Waals surface area contributed by atoms with Crippen LogP contribution in [0.3, 0.4) is 0 Å². The van der Waals surface area contributed by atoms with Crippen molar-refractivity contribution in [3.63, 3.8) is 0 Å². The monoisotopic (exact) mass is 346 g/mol. The molecule has 0 amide bonds. The zero-order chi connectivity index (χ0) is 19.4. The molecule has 4 nitrogen and oxygen atoms in total. The summed E-state index contributed by atoms with van der Waals surface area (Å²) in [5.74, 6) is 0.718. The number of nitrogens with one attached hydrogen (secondary N) is 1. The maximum atomic E-state index is 12.6. The Labute approximate surface area is 153 Å². The van der Waals surface area contributed by atoms with Crippen LogP contribution >= 0.6 is 0 Å². The molecular weight excluding hydrogens is 312 g/mol. The lowest BCUT2D eigenvalue weighted by molar-refractivity contribution is -0.115. The Morgan fingerprint density at radius 1 is 1.20 bits per heavy atom. The van der Waals surface area contributed by atoms with E-state index in [0.717, 1.165) is 35.4 Å². The molecule has 0 heterocycles. The van der Waals surface area contributed by atoms with Crippen molar-refractivity contribution in [3.8, 4) is 0 Å². The SMILES string of the molecule is CC\C=C/C(=C\C(C(=O)CCC)=C(/C)OC)C(=N/C)/C(C)=C(\C)NC. The van der Waals surface area contributed by atoms with E-state index >= 15 is 0 Å². The van der Waals surface area contributed by atoms with E-state index < -0.39 is 0 Å². The van der Waals surface area contributed by atoms with Gasteiger partial charge in [-0.05, 0) is 45.3 Å². The highest BCUT2D eigenvalue weighted by Crippen LogP contribution is 2.19. The summed E-state index contributed by atoms with van der Waals surface area (Å²) in [5, 5.41) is 3.16. The second kappa shape index (κ2) is 12.3. The van der Waals surface area contributed by atoms with Crippen LogP contribution in [0.25, 0.3) is 0 Å². The number of ketones is 1. The van der Waals surface area contributed by atoms with E-state index in [1.54, 1.807) is 14.2 Å². The number of hydrogen-bond acceptors (Lipinski definition) is 4. The van der Waals surface area contributed by atoms with Gasteiger partial charge < -0.3 is 10.1 Å². The van der Waals surface area contributed by atoms with E-state index in [0.29, 0.717) is 17.8 Å². The van der Waals surface area contributed by atoms with E-state index in [-0.39, 0.29) is 5.78 Å². The molecule has 0 bridgehead atoms. The molecule has 0 saturated heterocycles. The van der Waals surface area contributed by atoms with Crippen molar-refractivity contribution in [3.05, 3.63) is 46.4 Å². The molecule has 0 aliphatic carbocycles. The molecule has 0 radical (unpaired) electrons. The van der Waals surface area contributed by atoms with E-state index in [1.807, 2.05) is 46.9 Å². The van der Waals surface area contributed by atoms with Crippen molar-refractivity contribution in [1.82, 2.24) is 5.32 Å². The Hall–Kier alpha value is -2.10. The van der Waals surface area contributed by atoms with Gasteiger partial charge in [-0.3, -0.25) is 9.79 Å². The van der Waals surface area contributed by atoms with Gasteiger partial charge >= 0.3 is 0 Å². The maximum absolute atomic E-state index is 12.6. The van der Waals surface area contributed by atoms with Gasteiger partial charge in [-0.15, -0.1) is 0 Å². The number of carbonyl (C=O) groups is 1. The summed E-state index contributed by atoms with van der Waals surface area (Å²) < 4.78 is 5.35. The Kier molecular flexibility index (Phi) is 11.3. The summed E-state index contributed by atoms with van der Waals surface area (Å²) in [4.78, 5) is 17.0. The third-order valence-electron chi connectivity index (χ3n) is 4.09. The highest BCUT2D eigenvalue weighted by Gasteiger charge is 2.15. The first kappa shape index (κ1) is 22.9. The number of hydrogen-bond donors (Lipinski definition) is 1. The van der Waals surface area contributed by atoms with Gasteiger partial charge in [-0.1, -0.05) is 26.0 Å². The van der Waals surface area contributed by atoms with E-state index in [9.17, 15) is 4.79 Å². The lowest BCUT2D eigenvalue weighted by Crippen LogP contribution is -2.13. The van der Waals surface area contributed by atoms with Crippen molar-refractivity contribution in [1.29, 1.82) is 0 Å². The fourth-order valence-electron chi connectivity index (χ4n) is 2.32. The summed E-state index contributed by atoms with van der Waals surface area (Å²) in [7, 11) is 5.26. The van der Waals surface area contributed by atoms with Crippen molar-refractivity contribution >= 4 is 11.5 Å². The van der Waals surface area contributed by atoms with E-state index in [1.165, 1.54) is 0 Å². The second-order valence-electron chi connectivity index (χ2n) is 5.83. The Bertz CT molecular complexity index is 605. The van der Waals surface area contributed by atoms with Crippen molar-refractivity contribution < 1.29 is 9.53 Å². The molecule has 0 rings (SSSR count). The second-order valence-corrected chi connectivity index (χ2v) is 5.83. The number of carbonyl (C=O) groups excluding carboxylic acids is 1. The average molecular weight is 347 g/mol. The van der Waals surface area contributed by atoms with Crippen LogP contribution in [0.15, 0.2) is 51.4 Å². The van der Waals surface area contributed by atoms with Crippen LogP contribution in [0.2, 0.25) is 0 Å². The van der Waals surface area contributed by atoms with Crippen LogP contribution in [0, 0.1) is 0 Å². The standard InChI is InChI=1S/C21H34N2O2/c1-9-11-13-18(21(23-7)15(3)16(4)22-6)14-19(17(5)25-8)20(24)12-10-2/h11,13-14,22H,9-10,12H2,1-8H3/b13-11-,16-15+,18-14+,19-17-,23-21+. The van der Waals surface area contributed by atoms with E-state index in [2.05, 4.69) is 23.3 Å². The van der Waals surface area contributed by atoms with Gasteiger partial charge in [-0.2, -0.15) is 0 Å². The number of ether oxygens (including phenoxy) is 1. The number of allylic oxidation sites excluding steroid dienone is 8. The zero-order valence-electron chi connectivity index (χ0n) is 17.1. The lowest BCUT2D eigenvalue weighted by atomic mass is 9.96. The molecule has 0 aliphatic rings. The van der Waals surface area contributed by atoms with Crippen LogP contribution in [-0.2, 0) is 9.53 Å². The van der Waals surface area contributed by atoms with Crippen molar-refractivity contribution in [2.24, 2.45) is 4.99 Å². The minimum atomic E-state index is 0.0895. The Balaban J connectivity index is 6.37. The quantitative estimate of drug-likeness (QED) is 0.269. The van der Waals surface area contributed by atoms with Gasteiger partial charge in [0, 0.05) is 31.8 Å². The van der Waals surface area contributed by atoms with Crippen LogP contribution in [0.1, 0.15) is 53.9 Å².